The molecule has 7 heteroatoms. The van der Waals surface area contributed by atoms with Gasteiger partial charge in [-0.1, -0.05) is 18.0 Å². The summed E-state index contributed by atoms with van der Waals surface area (Å²) in [7, 11) is 2.99. The van der Waals surface area contributed by atoms with Crippen LogP contribution in [-0.4, -0.2) is 25.9 Å². The van der Waals surface area contributed by atoms with Gasteiger partial charge in [-0.05, 0) is 37.1 Å². The third kappa shape index (κ3) is 3.44. The Labute approximate surface area is 168 Å². The number of rotatable bonds is 4. The van der Waals surface area contributed by atoms with Gasteiger partial charge in [0.15, 0.2) is 23.0 Å². The molecule has 0 saturated heterocycles. The van der Waals surface area contributed by atoms with Gasteiger partial charge < -0.3 is 24.3 Å². The Kier molecular flexibility index (Phi) is 4.98. The van der Waals surface area contributed by atoms with Crippen LogP contribution in [0, 0.1) is 0 Å². The van der Waals surface area contributed by atoms with Crippen LogP contribution in [0.5, 0.6) is 23.0 Å². The molecule has 1 fully saturated rings. The summed E-state index contributed by atoms with van der Waals surface area (Å²) in [4.78, 5) is 12.7. The molecule has 2 aromatic rings. The molecule has 1 aliphatic carbocycles. The van der Waals surface area contributed by atoms with E-state index < -0.39 is 5.79 Å². The van der Waals surface area contributed by atoms with Crippen LogP contribution in [-0.2, 0) is 0 Å². The maximum absolute atomic E-state index is 12.7. The average molecular weight is 404 g/mol. The molecule has 2 aromatic carbocycles. The van der Waals surface area contributed by atoms with Crippen molar-refractivity contribution in [2.24, 2.45) is 0 Å². The number of benzene rings is 2. The Morgan fingerprint density at radius 2 is 1.79 bits per heavy atom. The van der Waals surface area contributed by atoms with E-state index in [-0.39, 0.29) is 5.91 Å². The topological polar surface area (TPSA) is 66.0 Å². The first kappa shape index (κ1) is 18.7. The normalized spacial score (nSPS) is 16.7. The fourth-order valence-corrected chi connectivity index (χ4v) is 4.01. The van der Waals surface area contributed by atoms with Crippen LogP contribution in [0.25, 0.3) is 0 Å². The second-order valence-electron chi connectivity index (χ2n) is 6.98. The van der Waals surface area contributed by atoms with E-state index in [1.807, 2.05) is 6.07 Å². The summed E-state index contributed by atoms with van der Waals surface area (Å²) in [6, 6.07) is 8.55. The maximum atomic E-state index is 12.7. The smallest absolute Gasteiger partial charge is 0.255 e. The predicted octanol–water partition coefficient (Wildman–Crippen LogP) is 5.04. The lowest BCUT2D eigenvalue weighted by Gasteiger charge is -2.31. The van der Waals surface area contributed by atoms with Crippen molar-refractivity contribution >= 4 is 23.2 Å². The molecule has 28 heavy (non-hydrogen) atoms. The number of ether oxygens (including phenoxy) is 4. The molecule has 1 amide bonds. The quantitative estimate of drug-likeness (QED) is 0.774. The zero-order chi connectivity index (χ0) is 19.7. The molecule has 2 aliphatic rings. The summed E-state index contributed by atoms with van der Waals surface area (Å²) >= 11 is 6.20. The number of anilines is 1. The number of halogens is 1. The van der Waals surface area contributed by atoms with Crippen LogP contribution >= 0.6 is 11.6 Å². The number of hydrogen-bond acceptors (Lipinski definition) is 5. The standard InChI is InChI=1S/C21H22ClNO5/c1-25-18-11-13(10-15(22)19(18)26-2)20(24)23-14-6-7-16-17(12-14)28-21(27-16)8-4-3-5-9-21/h6-7,10-12H,3-5,8-9H2,1-2H3,(H,23,24). The van der Waals surface area contributed by atoms with E-state index in [4.69, 9.17) is 30.5 Å². The number of methoxy groups -OCH3 is 2. The minimum absolute atomic E-state index is 0.303. The zero-order valence-corrected chi connectivity index (χ0v) is 16.6. The molecule has 4 rings (SSSR count). The van der Waals surface area contributed by atoms with Gasteiger partial charge in [0.05, 0.1) is 19.2 Å². The molecule has 6 nitrogen and oxygen atoms in total. The van der Waals surface area contributed by atoms with Gasteiger partial charge in [0.1, 0.15) is 0 Å². The Morgan fingerprint density at radius 3 is 2.50 bits per heavy atom. The van der Waals surface area contributed by atoms with Crippen molar-refractivity contribution in [3.8, 4) is 23.0 Å². The highest BCUT2D eigenvalue weighted by molar-refractivity contribution is 6.32. The predicted molar refractivity (Wildman–Crippen MR) is 106 cm³/mol. The molecule has 1 saturated carbocycles. The van der Waals surface area contributed by atoms with Gasteiger partial charge in [-0.3, -0.25) is 4.79 Å². The van der Waals surface area contributed by atoms with Gasteiger partial charge in [-0.2, -0.15) is 0 Å². The van der Waals surface area contributed by atoms with Gasteiger partial charge in [-0.25, -0.2) is 0 Å². The Hall–Kier alpha value is -2.60. The number of nitrogens with one attached hydrogen (secondary N) is 1. The van der Waals surface area contributed by atoms with Crippen molar-refractivity contribution in [3.63, 3.8) is 0 Å². The van der Waals surface area contributed by atoms with Crippen LogP contribution in [0.1, 0.15) is 42.5 Å². The summed E-state index contributed by atoms with van der Waals surface area (Å²) in [6.07, 6.45) is 5.16. The largest absolute Gasteiger partial charge is 0.493 e. The fraction of sp³-hybridized carbons (Fsp3) is 0.381. The first-order valence-electron chi connectivity index (χ1n) is 9.28. The Morgan fingerprint density at radius 1 is 1.04 bits per heavy atom. The van der Waals surface area contributed by atoms with Gasteiger partial charge in [0.25, 0.3) is 11.7 Å². The second kappa shape index (κ2) is 7.43. The highest BCUT2D eigenvalue weighted by Gasteiger charge is 2.42. The lowest BCUT2D eigenvalue weighted by atomic mass is 9.94. The molecule has 0 radical (unpaired) electrons. The molecule has 1 N–H and O–H groups in total. The lowest BCUT2D eigenvalue weighted by molar-refractivity contribution is -0.105. The molecule has 0 aromatic heterocycles. The minimum Gasteiger partial charge on any atom is -0.493 e. The van der Waals surface area contributed by atoms with E-state index in [0.717, 1.165) is 25.7 Å². The first-order valence-corrected chi connectivity index (χ1v) is 9.66. The molecule has 0 unspecified atom stereocenters. The number of fused-ring (bicyclic) bond motifs is 1. The molecule has 0 atom stereocenters. The van der Waals surface area contributed by atoms with E-state index in [9.17, 15) is 4.79 Å². The summed E-state index contributed by atoms with van der Waals surface area (Å²) in [5.41, 5.74) is 0.982. The molecule has 1 heterocycles. The molecular weight excluding hydrogens is 382 g/mol. The number of carbonyl (C=O) groups excluding carboxylic acids is 1. The molecule has 1 spiro atoms. The lowest BCUT2D eigenvalue weighted by Crippen LogP contribution is -2.40. The van der Waals surface area contributed by atoms with E-state index in [1.165, 1.54) is 20.6 Å². The van der Waals surface area contributed by atoms with Crippen LogP contribution in [0.4, 0.5) is 5.69 Å². The SMILES string of the molecule is COc1cc(C(=O)Nc2ccc3c(c2)OC2(CCCCC2)O3)cc(Cl)c1OC. The molecule has 1 aliphatic heterocycles. The second-order valence-corrected chi connectivity index (χ2v) is 7.39. The summed E-state index contributed by atoms with van der Waals surface area (Å²) in [5.74, 6) is 1.31. The van der Waals surface area contributed by atoms with Crippen LogP contribution in [0.15, 0.2) is 30.3 Å². The highest BCUT2D eigenvalue weighted by atomic mass is 35.5. The number of carbonyl (C=O) groups is 1. The van der Waals surface area contributed by atoms with Crippen LogP contribution in [0.2, 0.25) is 5.02 Å². The maximum Gasteiger partial charge on any atom is 0.255 e. The van der Waals surface area contributed by atoms with Crippen LogP contribution in [0.3, 0.4) is 0 Å². The van der Waals surface area contributed by atoms with E-state index in [0.29, 0.717) is 39.3 Å². The van der Waals surface area contributed by atoms with Crippen molar-refractivity contribution in [1.29, 1.82) is 0 Å². The third-order valence-corrected chi connectivity index (χ3v) is 5.39. The number of hydrogen-bond donors (Lipinski definition) is 1. The van der Waals surface area contributed by atoms with Gasteiger partial charge in [0.2, 0.25) is 0 Å². The zero-order valence-electron chi connectivity index (χ0n) is 15.8. The Bertz CT molecular complexity index is 908. The third-order valence-electron chi connectivity index (χ3n) is 5.10. The summed E-state index contributed by atoms with van der Waals surface area (Å²) in [5, 5.41) is 3.17. The van der Waals surface area contributed by atoms with Crippen molar-refractivity contribution in [2.75, 3.05) is 19.5 Å². The molecule has 148 valence electrons. The fourth-order valence-electron chi connectivity index (χ4n) is 3.72. The van der Waals surface area contributed by atoms with E-state index in [1.54, 1.807) is 24.3 Å². The first-order chi connectivity index (χ1) is 13.5. The van der Waals surface area contributed by atoms with Gasteiger partial charge in [-0.15, -0.1) is 0 Å². The van der Waals surface area contributed by atoms with E-state index >= 15 is 0 Å². The monoisotopic (exact) mass is 403 g/mol. The average Bonchev–Trinajstić information content (AvgIpc) is 3.04. The van der Waals surface area contributed by atoms with Crippen molar-refractivity contribution in [1.82, 2.24) is 0 Å². The van der Waals surface area contributed by atoms with Crippen molar-refractivity contribution in [2.45, 2.75) is 37.9 Å². The summed E-state index contributed by atoms with van der Waals surface area (Å²) in [6.45, 7) is 0. The molecular formula is C21H22ClNO5. The highest BCUT2D eigenvalue weighted by Crippen LogP contribution is 2.46. The van der Waals surface area contributed by atoms with Gasteiger partial charge >= 0.3 is 0 Å². The van der Waals surface area contributed by atoms with Gasteiger partial charge in [0, 0.05) is 30.2 Å². The Balaban J connectivity index is 1.52. The van der Waals surface area contributed by atoms with Crippen molar-refractivity contribution < 1.29 is 23.7 Å². The summed E-state index contributed by atoms with van der Waals surface area (Å²) < 4.78 is 22.6. The van der Waals surface area contributed by atoms with Crippen LogP contribution < -0.4 is 24.3 Å². The van der Waals surface area contributed by atoms with Crippen molar-refractivity contribution in [3.05, 3.63) is 40.9 Å². The van der Waals surface area contributed by atoms with E-state index in [2.05, 4.69) is 5.32 Å². The molecule has 0 bridgehead atoms. The minimum atomic E-state index is -0.542. The number of amides is 1.